The second-order valence-electron chi connectivity index (χ2n) is 8.15. The maximum absolute atomic E-state index is 14.9. The second-order valence-corrected chi connectivity index (χ2v) is 8.15. The van der Waals surface area contributed by atoms with Crippen LogP contribution in [0.4, 0.5) is 13.2 Å². The molecule has 0 aliphatic carbocycles. The van der Waals surface area contributed by atoms with E-state index in [1.807, 2.05) is 6.07 Å². The third-order valence-electron chi connectivity index (χ3n) is 6.01. The number of aryl methyl sites for hydroxylation is 1. The molecule has 0 atom stereocenters. The second kappa shape index (κ2) is 9.88. The Morgan fingerprint density at radius 2 is 1.41 bits per heavy atom. The molecule has 2 nitrogen and oxygen atoms in total. The van der Waals surface area contributed by atoms with Gasteiger partial charge in [0.05, 0.1) is 13.2 Å². The van der Waals surface area contributed by atoms with E-state index in [1.165, 1.54) is 6.07 Å². The molecule has 5 heteroatoms. The Bertz CT molecular complexity index is 1070. The van der Waals surface area contributed by atoms with Crippen molar-refractivity contribution in [3.05, 3.63) is 83.2 Å². The lowest BCUT2D eigenvalue weighted by atomic mass is 9.95. The fourth-order valence-electron chi connectivity index (χ4n) is 4.07. The maximum Gasteiger partial charge on any atom is 0.166 e. The number of hydrogen-bond acceptors (Lipinski definition) is 2. The third kappa shape index (κ3) is 4.59. The van der Waals surface area contributed by atoms with Gasteiger partial charge >= 0.3 is 0 Å². The molecule has 3 aromatic carbocycles. The van der Waals surface area contributed by atoms with E-state index >= 15 is 0 Å². The predicted octanol–water partition coefficient (Wildman–Crippen LogP) is 7.26. The number of halogens is 3. The van der Waals surface area contributed by atoms with Crippen LogP contribution in [-0.2, 0) is 15.9 Å². The summed E-state index contributed by atoms with van der Waals surface area (Å²) in [7, 11) is 0. The van der Waals surface area contributed by atoms with Crippen LogP contribution in [0.2, 0.25) is 0 Å². The molecule has 0 saturated carbocycles. The first-order valence-electron chi connectivity index (χ1n) is 11.1. The summed E-state index contributed by atoms with van der Waals surface area (Å²) in [5, 5.41) is 0. The smallest absolute Gasteiger partial charge is 0.166 e. The molecule has 32 heavy (non-hydrogen) atoms. The van der Waals surface area contributed by atoms with E-state index in [-0.39, 0.29) is 23.6 Å². The average Bonchev–Trinajstić information content (AvgIpc) is 2.82. The molecule has 0 aromatic heterocycles. The zero-order valence-electron chi connectivity index (χ0n) is 18.3. The lowest BCUT2D eigenvalue weighted by Gasteiger charge is -2.29. The van der Waals surface area contributed by atoms with Crippen molar-refractivity contribution >= 4 is 0 Å². The van der Waals surface area contributed by atoms with Crippen LogP contribution in [0.3, 0.4) is 0 Å². The van der Waals surface area contributed by atoms with Crippen LogP contribution >= 0.6 is 0 Å². The number of ether oxygens (including phenoxy) is 2. The molecule has 0 bridgehead atoms. The topological polar surface area (TPSA) is 18.5 Å². The summed E-state index contributed by atoms with van der Waals surface area (Å²) in [6.45, 7) is 4.88. The molecular weight excluding hydrogens is 413 g/mol. The number of hydrogen-bond donors (Lipinski definition) is 0. The highest BCUT2D eigenvalue weighted by Crippen LogP contribution is 2.32. The molecule has 0 N–H and O–H groups in total. The molecule has 0 amide bonds. The first-order chi connectivity index (χ1) is 15.5. The van der Waals surface area contributed by atoms with Crippen LogP contribution in [0.1, 0.15) is 43.7 Å². The summed E-state index contributed by atoms with van der Waals surface area (Å²) in [6.07, 6.45) is 2.10. The molecule has 0 spiro atoms. The van der Waals surface area contributed by atoms with Crippen molar-refractivity contribution in [2.75, 3.05) is 13.2 Å². The maximum atomic E-state index is 14.9. The molecule has 0 unspecified atom stereocenters. The van der Waals surface area contributed by atoms with Gasteiger partial charge in [-0.25, -0.2) is 13.2 Å². The van der Waals surface area contributed by atoms with Gasteiger partial charge < -0.3 is 9.47 Å². The summed E-state index contributed by atoms with van der Waals surface area (Å²) in [4.78, 5) is 0. The minimum absolute atomic E-state index is 0.00186. The Balaban J connectivity index is 1.52. The molecule has 1 heterocycles. The van der Waals surface area contributed by atoms with Gasteiger partial charge in [-0.1, -0.05) is 68.8 Å². The lowest BCUT2D eigenvalue weighted by molar-refractivity contribution is -0.189. The van der Waals surface area contributed by atoms with Gasteiger partial charge in [0.25, 0.3) is 0 Å². The number of rotatable bonds is 6. The molecule has 1 fully saturated rings. The summed E-state index contributed by atoms with van der Waals surface area (Å²) >= 11 is 0. The van der Waals surface area contributed by atoms with Crippen molar-refractivity contribution in [1.29, 1.82) is 0 Å². The van der Waals surface area contributed by atoms with E-state index in [0.717, 1.165) is 18.4 Å². The van der Waals surface area contributed by atoms with Gasteiger partial charge in [-0.05, 0) is 41.2 Å². The standard InChI is InChI=1S/C27H27F3O2/c1-3-5-25-31-15-21(16-32-25)20-11-12-22(24(28)14-20)18-6-8-19(9-7-18)23-13-10-17(4-2)26(29)27(23)30/h6-14,21,25H,3-5,15-16H2,1-2H3. The van der Waals surface area contributed by atoms with Gasteiger partial charge in [-0.15, -0.1) is 0 Å². The molecule has 168 valence electrons. The van der Waals surface area contributed by atoms with Crippen LogP contribution in [0.5, 0.6) is 0 Å². The van der Waals surface area contributed by atoms with E-state index in [2.05, 4.69) is 6.92 Å². The first kappa shape index (κ1) is 22.6. The van der Waals surface area contributed by atoms with Crippen LogP contribution in [-0.4, -0.2) is 19.5 Å². The molecular formula is C27H27F3O2. The number of benzene rings is 3. The average molecular weight is 441 g/mol. The Hall–Kier alpha value is -2.63. The minimum atomic E-state index is -0.856. The van der Waals surface area contributed by atoms with Crippen molar-refractivity contribution < 1.29 is 22.6 Å². The fourth-order valence-corrected chi connectivity index (χ4v) is 4.07. The lowest BCUT2D eigenvalue weighted by Crippen LogP contribution is -2.30. The molecule has 1 aliphatic heterocycles. The highest BCUT2D eigenvalue weighted by Gasteiger charge is 2.24. The molecule has 3 aromatic rings. The quantitative estimate of drug-likeness (QED) is 0.402. The van der Waals surface area contributed by atoms with Crippen molar-refractivity contribution in [3.8, 4) is 22.3 Å². The Morgan fingerprint density at radius 1 is 0.781 bits per heavy atom. The van der Waals surface area contributed by atoms with Gasteiger partial charge in [0.2, 0.25) is 0 Å². The van der Waals surface area contributed by atoms with Gasteiger partial charge in [0, 0.05) is 17.0 Å². The van der Waals surface area contributed by atoms with E-state index in [9.17, 15) is 13.2 Å². The van der Waals surface area contributed by atoms with Crippen LogP contribution in [0.15, 0.2) is 54.6 Å². The normalized spacial score (nSPS) is 18.7. The summed E-state index contributed by atoms with van der Waals surface area (Å²) < 4.78 is 55.0. The summed E-state index contributed by atoms with van der Waals surface area (Å²) in [5.74, 6) is -2.01. The Kier molecular flexibility index (Phi) is 6.97. The Morgan fingerprint density at radius 3 is 2.00 bits per heavy atom. The van der Waals surface area contributed by atoms with Gasteiger partial charge in [-0.3, -0.25) is 0 Å². The largest absolute Gasteiger partial charge is 0.352 e. The van der Waals surface area contributed by atoms with Gasteiger partial charge in [0.1, 0.15) is 5.82 Å². The van der Waals surface area contributed by atoms with Crippen molar-refractivity contribution in [3.63, 3.8) is 0 Å². The fraction of sp³-hybridized carbons (Fsp3) is 0.333. The van der Waals surface area contributed by atoms with Crippen LogP contribution in [0.25, 0.3) is 22.3 Å². The van der Waals surface area contributed by atoms with Crippen molar-refractivity contribution in [1.82, 2.24) is 0 Å². The van der Waals surface area contributed by atoms with E-state index in [1.54, 1.807) is 49.4 Å². The molecule has 1 aliphatic rings. The Labute approximate surface area is 187 Å². The van der Waals surface area contributed by atoms with Crippen molar-refractivity contribution in [2.24, 2.45) is 0 Å². The van der Waals surface area contributed by atoms with Crippen LogP contribution < -0.4 is 0 Å². The molecule has 1 saturated heterocycles. The molecule has 0 radical (unpaired) electrons. The third-order valence-corrected chi connectivity index (χ3v) is 6.01. The summed E-state index contributed by atoms with van der Waals surface area (Å²) in [5.41, 5.74) is 3.05. The van der Waals surface area contributed by atoms with E-state index < -0.39 is 11.6 Å². The highest BCUT2D eigenvalue weighted by atomic mass is 19.2. The first-order valence-corrected chi connectivity index (χ1v) is 11.1. The van der Waals surface area contributed by atoms with Gasteiger partial charge in [-0.2, -0.15) is 0 Å². The zero-order chi connectivity index (χ0) is 22.7. The van der Waals surface area contributed by atoms with Crippen LogP contribution in [0, 0.1) is 17.5 Å². The van der Waals surface area contributed by atoms with Gasteiger partial charge in [0.15, 0.2) is 17.9 Å². The van der Waals surface area contributed by atoms with E-state index in [4.69, 9.17) is 9.47 Å². The van der Waals surface area contributed by atoms with E-state index in [0.29, 0.717) is 41.9 Å². The monoisotopic (exact) mass is 440 g/mol. The molecule has 4 rings (SSSR count). The van der Waals surface area contributed by atoms with Crippen molar-refractivity contribution in [2.45, 2.75) is 45.3 Å². The minimum Gasteiger partial charge on any atom is -0.352 e. The predicted molar refractivity (Wildman–Crippen MR) is 120 cm³/mol. The SMILES string of the molecule is CCCC1OCC(c2ccc(-c3ccc(-c4ccc(CC)c(F)c4F)cc3)c(F)c2)CO1. The highest BCUT2D eigenvalue weighted by molar-refractivity contribution is 5.71. The zero-order valence-corrected chi connectivity index (χ0v) is 18.3. The summed E-state index contributed by atoms with van der Waals surface area (Å²) in [6, 6.07) is 15.2.